The van der Waals surface area contributed by atoms with Gasteiger partial charge in [0.25, 0.3) is 0 Å². The van der Waals surface area contributed by atoms with Gasteiger partial charge in [0.1, 0.15) is 5.82 Å². The van der Waals surface area contributed by atoms with Gasteiger partial charge in [0.2, 0.25) is 0 Å². The monoisotopic (exact) mass is 251 g/mol. The fraction of sp³-hybridized carbons (Fsp3) is 0.600. The third-order valence-corrected chi connectivity index (χ3v) is 3.54. The van der Waals surface area contributed by atoms with E-state index in [2.05, 4.69) is 12.2 Å². The standard InChI is InChI=1S/C15H22FNO/c1-3-7-17-15(12-6-8-18-10-12)13-9-11(2)4-5-14(13)16/h4-5,9,12,15,17H,3,6-8,10H2,1-2H3. The summed E-state index contributed by atoms with van der Waals surface area (Å²) in [6, 6.07) is 5.43. The van der Waals surface area contributed by atoms with E-state index in [-0.39, 0.29) is 11.9 Å². The molecule has 0 spiro atoms. The van der Waals surface area contributed by atoms with Crippen molar-refractivity contribution in [3.05, 3.63) is 35.1 Å². The van der Waals surface area contributed by atoms with Crippen LogP contribution in [0.5, 0.6) is 0 Å². The van der Waals surface area contributed by atoms with Gasteiger partial charge in [0.05, 0.1) is 6.61 Å². The smallest absolute Gasteiger partial charge is 0.128 e. The molecule has 1 heterocycles. The van der Waals surface area contributed by atoms with Crippen molar-refractivity contribution in [2.75, 3.05) is 19.8 Å². The highest BCUT2D eigenvalue weighted by Gasteiger charge is 2.28. The van der Waals surface area contributed by atoms with Gasteiger partial charge in [-0.3, -0.25) is 0 Å². The van der Waals surface area contributed by atoms with Crippen molar-refractivity contribution in [1.82, 2.24) is 5.32 Å². The third kappa shape index (κ3) is 3.09. The molecule has 1 fully saturated rings. The van der Waals surface area contributed by atoms with Gasteiger partial charge < -0.3 is 10.1 Å². The fourth-order valence-electron chi connectivity index (χ4n) is 2.55. The second kappa shape index (κ2) is 6.30. The molecule has 1 aromatic carbocycles. The Hall–Kier alpha value is -0.930. The second-order valence-corrected chi connectivity index (χ2v) is 5.08. The largest absolute Gasteiger partial charge is 0.381 e. The fourth-order valence-corrected chi connectivity index (χ4v) is 2.55. The maximum absolute atomic E-state index is 14.0. The first-order chi connectivity index (χ1) is 8.72. The molecule has 1 aromatic rings. The number of aryl methyl sites for hydroxylation is 1. The summed E-state index contributed by atoms with van der Waals surface area (Å²) in [5, 5.41) is 3.48. The first kappa shape index (κ1) is 13.5. The lowest BCUT2D eigenvalue weighted by Gasteiger charge is -2.25. The van der Waals surface area contributed by atoms with Crippen LogP contribution >= 0.6 is 0 Å². The molecule has 100 valence electrons. The Kier molecular flexibility index (Phi) is 4.72. The minimum atomic E-state index is -0.110. The topological polar surface area (TPSA) is 21.3 Å². The maximum atomic E-state index is 14.0. The summed E-state index contributed by atoms with van der Waals surface area (Å²) in [7, 11) is 0. The Labute approximate surface area is 109 Å². The van der Waals surface area contributed by atoms with Gasteiger partial charge in [-0.15, -0.1) is 0 Å². The van der Waals surface area contributed by atoms with Crippen LogP contribution in [0, 0.1) is 18.7 Å². The molecular weight excluding hydrogens is 229 g/mol. The van der Waals surface area contributed by atoms with E-state index < -0.39 is 0 Å². The van der Waals surface area contributed by atoms with Crippen LogP contribution in [0.3, 0.4) is 0 Å². The summed E-state index contributed by atoms with van der Waals surface area (Å²) >= 11 is 0. The average molecular weight is 251 g/mol. The molecule has 1 aliphatic rings. The van der Waals surface area contributed by atoms with E-state index in [1.54, 1.807) is 6.07 Å². The highest BCUT2D eigenvalue weighted by atomic mass is 19.1. The number of benzene rings is 1. The minimum absolute atomic E-state index is 0.0762. The molecule has 0 aromatic heterocycles. The summed E-state index contributed by atoms with van der Waals surface area (Å²) in [6.45, 7) is 6.57. The Morgan fingerprint density at radius 2 is 2.33 bits per heavy atom. The molecule has 1 saturated heterocycles. The molecule has 2 nitrogen and oxygen atoms in total. The number of rotatable bonds is 5. The summed E-state index contributed by atoms with van der Waals surface area (Å²) in [5.74, 6) is 0.272. The Morgan fingerprint density at radius 3 is 3.00 bits per heavy atom. The molecule has 2 unspecified atom stereocenters. The molecule has 2 rings (SSSR count). The predicted molar refractivity (Wildman–Crippen MR) is 71.1 cm³/mol. The van der Waals surface area contributed by atoms with Crippen LogP contribution in [0.2, 0.25) is 0 Å². The van der Waals surface area contributed by atoms with Crippen molar-refractivity contribution in [3.8, 4) is 0 Å². The average Bonchev–Trinajstić information content (AvgIpc) is 2.88. The molecule has 2 atom stereocenters. The van der Waals surface area contributed by atoms with E-state index in [1.807, 2.05) is 19.1 Å². The lowest BCUT2D eigenvalue weighted by atomic mass is 9.91. The maximum Gasteiger partial charge on any atom is 0.128 e. The zero-order chi connectivity index (χ0) is 13.0. The van der Waals surface area contributed by atoms with Crippen molar-refractivity contribution >= 4 is 0 Å². The van der Waals surface area contributed by atoms with E-state index >= 15 is 0 Å². The summed E-state index contributed by atoms with van der Waals surface area (Å²) in [5.41, 5.74) is 1.90. The van der Waals surface area contributed by atoms with Gasteiger partial charge in [-0.2, -0.15) is 0 Å². The lowest BCUT2D eigenvalue weighted by Crippen LogP contribution is -2.30. The lowest BCUT2D eigenvalue weighted by molar-refractivity contribution is 0.176. The highest BCUT2D eigenvalue weighted by Crippen LogP contribution is 2.30. The van der Waals surface area contributed by atoms with Gasteiger partial charge in [0, 0.05) is 24.1 Å². The second-order valence-electron chi connectivity index (χ2n) is 5.08. The van der Waals surface area contributed by atoms with Crippen LogP contribution in [0.15, 0.2) is 18.2 Å². The van der Waals surface area contributed by atoms with Gasteiger partial charge in [0.15, 0.2) is 0 Å². The summed E-state index contributed by atoms with van der Waals surface area (Å²) in [4.78, 5) is 0. The van der Waals surface area contributed by atoms with Gasteiger partial charge in [-0.25, -0.2) is 4.39 Å². The molecule has 1 N–H and O–H groups in total. The summed E-state index contributed by atoms with van der Waals surface area (Å²) in [6.07, 6.45) is 2.06. The number of halogens is 1. The highest BCUT2D eigenvalue weighted by molar-refractivity contribution is 5.27. The first-order valence-corrected chi connectivity index (χ1v) is 6.79. The molecule has 18 heavy (non-hydrogen) atoms. The predicted octanol–water partition coefficient (Wildman–Crippen LogP) is 3.21. The Morgan fingerprint density at radius 1 is 1.50 bits per heavy atom. The SMILES string of the molecule is CCCNC(c1cc(C)ccc1F)C1CCOC1. The third-order valence-electron chi connectivity index (χ3n) is 3.54. The quantitative estimate of drug-likeness (QED) is 0.867. The Bertz CT molecular complexity index is 388. The molecule has 0 amide bonds. The van der Waals surface area contributed by atoms with Gasteiger partial charge >= 0.3 is 0 Å². The van der Waals surface area contributed by atoms with E-state index in [1.165, 1.54) is 0 Å². The molecule has 3 heteroatoms. The summed E-state index contributed by atoms with van der Waals surface area (Å²) < 4.78 is 19.5. The number of hydrogen-bond donors (Lipinski definition) is 1. The van der Waals surface area contributed by atoms with Crippen LogP contribution in [0.4, 0.5) is 4.39 Å². The van der Waals surface area contributed by atoms with Crippen molar-refractivity contribution in [2.45, 2.75) is 32.7 Å². The zero-order valence-electron chi connectivity index (χ0n) is 11.2. The molecule has 0 aliphatic carbocycles. The minimum Gasteiger partial charge on any atom is -0.381 e. The van der Waals surface area contributed by atoms with E-state index in [9.17, 15) is 4.39 Å². The van der Waals surface area contributed by atoms with Crippen LogP contribution in [-0.2, 0) is 4.74 Å². The molecule has 0 radical (unpaired) electrons. The first-order valence-electron chi connectivity index (χ1n) is 6.79. The van der Waals surface area contributed by atoms with Crippen molar-refractivity contribution in [3.63, 3.8) is 0 Å². The normalized spacial score (nSPS) is 21.2. The van der Waals surface area contributed by atoms with Gasteiger partial charge in [-0.1, -0.05) is 24.6 Å². The van der Waals surface area contributed by atoms with E-state index in [0.717, 1.165) is 43.7 Å². The molecule has 1 aliphatic heterocycles. The number of hydrogen-bond acceptors (Lipinski definition) is 2. The van der Waals surface area contributed by atoms with Crippen LogP contribution in [-0.4, -0.2) is 19.8 Å². The molecular formula is C15H22FNO. The van der Waals surface area contributed by atoms with Crippen LogP contribution < -0.4 is 5.32 Å². The molecule has 0 bridgehead atoms. The van der Waals surface area contributed by atoms with Gasteiger partial charge in [-0.05, 0) is 32.4 Å². The van der Waals surface area contributed by atoms with Crippen LogP contribution in [0.1, 0.15) is 36.9 Å². The zero-order valence-corrected chi connectivity index (χ0v) is 11.2. The van der Waals surface area contributed by atoms with Crippen LogP contribution in [0.25, 0.3) is 0 Å². The van der Waals surface area contributed by atoms with E-state index in [0.29, 0.717) is 5.92 Å². The van der Waals surface area contributed by atoms with Crippen molar-refractivity contribution in [1.29, 1.82) is 0 Å². The Balaban J connectivity index is 2.23. The van der Waals surface area contributed by atoms with E-state index in [4.69, 9.17) is 4.74 Å². The number of nitrogens with one attached hydrogen (secondary N) is 1. The van der Waals surface area contributed by atoms with Crippen molar-refractivity contribution < 1.29 is 9.13 Å². The van der Waals surface area contributed by atoms with Crippen molar-refractivity contribution in [2.24, 2.45) is 5.92 Å². The number of ether oxygens (including phenoxy) is 1. The molecule has 0 saturated carbocycles.